The van der Waals surface area contributed by atoms with Crippen LogP contribution in [0, 0.1) is 0 Å². The Morgan fingerprint density at radius 3 is 2.46 bits per heavy atom. The first-order valence-electron chi connectivity index (χ1n) is 7.51. The van der Waals surface area contributed by atoms with E-state index in [2.05, 4.69) is 20.0 Å². The molecule has 1 unspecified atom stereocenters. The van der Waals surface area contributed by atoms with Crippen molar-refractivity contribution in [1.29, 1.82) is 0 Å². The van der Waals surface area contributed by atoms with Crippen LogP contribution in [0.15, 0.2) is 42.7 Å². The van der Waals surface area contributed by atoms with Gasteiger partial charge in [-0.3, -0.25) is 4.79 Å². The largest absolute Gasteiger partial charge is 0.481 e. The number of carbonyl (C=O) groups is 2. The molecule has 7 nitrogen and oxygen atoms in total. The Hall–Kier alpha value is -2.96. The fourth-order valence-electron chi connectivity index (χ4n) is 2.23. The topological polar surface area (TPSA) is 101 Å². The van der Waals surface area contributed by atoms with E-state index in [1.807, 2.05) is 30.3 Å². The van der Waals surface area contributed by atoms with Crippen molar-refractivity contribution in [3.8, 4) is 0 Å². The summed E-state index contributed by atoms with van der Waals surface area (Å²) in [4.78, 5) is 30.4. The summed E-state index contributed by atoms with van der Waals surface area (Å²) < 4.78 is 4.60. The molecule has 0 amide bonds. The highest BCUT2D eigenvalue weighted by atomic mass is 16.5. The molecule has 24 heavy (non-hydrogen) atoms. The molecule has 0 fully saturated rings. The Kier molecular flexibility index (Phi) is 6.24. The molecular weight excluding hydrogens is 310 g/mol. The Morgan fingerprint density at radius 1 is 1.21 bits per heavy atom. The average molecular weight is 329 g/mol. The van der Waals surface area contributed by atoms with E-state index in [1.165, 1.54) is 19.5 Å². The number of benzene rings is 1. The molecule has 1 aromatic heterocycles. The third kappa shape index (κ3) is 5.35. The van der Waals surface area contributed by atoms with Crippen LogP contribution in [0.25, 0.3) is 0 Å². The Morgan fingerprint density at radius 2 is 1.88 bits per heavy atom. The van der Waals surface area contributed by atoms with Gasteiger partial charge >= 0.3 is 11.9 Å². The summed E-state index contributed by atoms with van der Waals surface area (Å²) >= 11 is 0. The third-order valence-corrected chi connectivity index (χ3v) is 3.44. The van der Waals surface area contributed by atoms with E-state index >= 15 is 0 Å². The fraction of sp³-hybridized carbons (Fsp3) is 0.294. The lowest BCUT2D eigenvalue weighted by Gasteiger charge is -2.18. The number of aromatic nitrogens is 2. The van der Waals surface area contributed by atoms with Gasteiger partial charge < -0.3 is 15.2 Å². The lowest BCUT2D eigenvalue weighted by atomic mass is 10.0. The number of carboxylic acids is 1. The maximum Gasteiger partial charge on any atom is 0.341 e. The second kappa shape index (κ2) is 8.61. The lowest BCUT2D eigenvalue weighted by molar-refractivity contribution is -0.137. The second-order valence-electron chi connectivity index (χ2n) is 5.25. The molecule has 126 valence electrons. The maximum atomic E-state index is 11.4. The van der Waals surface area contributed by atoms with Crippen LogP contribution in [0.2, 0.25) is 0 Å². The number of methoxy groups -OCH3 is 1. The average Bonchev–Trinajstić information content (AvgIpc) is 2.60. The number of nitrogens with zero attached hydrogens (tertiary/aromatic N) is 2. The summed E-state index contributed by atoms with van der Waals surface area (Å²) in [6, 6.07) is 9.63. The van der Waals surface area contributed by atoms with E-state index in [-0.39, 0.29) is 18.0 Å². The Balaban J connectivity index is 2.06. The summed E-state index contributed by atoms with van der Waals surface area (Å²) in [5.74, 6) is -1.01. The van der Waals surface area contributed by atoms with Crippen LogP contribution in [-0.4, -0.2) is 40.2 Å². The second-order valence-corrected chi connectivity index (χ2v) is 5.25. The first kappa shape index (κ1) is 17.4. The van der Waals surface area contributed by atoms with E-state index in [9.17, 15) is 9.59 Å². The van der Waals surface area contributed by atoms with Crippen LogP contribution in [0.1, 0.15) is 28.8 Å². The van der Waals surface area contributed by atoms with Gasteiger partial charge in [0, 0.05) is 24.9 Å². The van der Waals surface area contributed by atoms with Gasteiger partial charge in [0.2, 0.25) is 5.95 Å². The molecule has 1 aromatic carbocycles. The van der Waals surface area contributed by atoms with E-state index < -0.39 is 11.9 Å². The molecule has 1 atom stereocenters. The minimum Gasteiger partial charge on any atom is -0.481 e. The molecule has 0 saturated heterocycles. The summed E-state index contributed by atoms with van der Waals surface area (Å²) in [5.41, 5.74) is 1.35. The summed E-state index contributed by atoms with van der Waals surface area (Å²) in [7, 11) is 1.29. The molecule has 0 aliphatic carbocycles. The van der Waals surface area contributed by atoms with Crippen LogP contribution in [0.4, 0.5) is 5.95 Å². The van der Waals surface area contributed by atoms with E-state index in [1.54, 1.807) is 0 Å². The molecule has 7 heteroatoms. The van der Waals surface area contributed by atoms with Crippen LogP contribution >= 0.6 is 0 Å². The van der Waals surface area contributed by atoms with E-state index in [0.29, 0.717) is 18.8 Å². The molecule has 0 spiro atoms. The highest BCUT2D eigenvalue weighted by Gasteiger charge is 2.14. The maximum absolute atomic E-state index is 11.4. The van der Waals surface area contributed by atoms with Gasteiger partial charge in [-0.15, -0.1) is 0 Å². The molecule has 0 bridgehead atoms. The molecule has 2 N–H and O–H groups in total. The van der Waals surface area contributed by atoms with Gasteiger partial charge in [-0.2, -0.15) is 0 Å². The van der Waals surface area contributed by atoms with Crippen molar-refractivity contribution in [2.45, 2.75) is 25.3 Å². The molecule has 0 aliphatic rings. The molecule has 2 aromatic rings. The van der Waals surface area contributed by atoms with Gasteiger partial charge in [0.15, 0.2) is 0 Å². The van der Waals surface area contributed by atoms with Crippen molar-refractivity contribution in [2.75, 3.05) is 12.4 Å². The minimum atomic E-state index is -0.850. The predicted octanol–water partition coefficient (Wildman–Crippen LogP) is 2.15. The van der Waals surface area contributed by atoms with E-state index in [4.69, 9.17) is 5.11 Å². The zero-order valence-corrected chi connectivity index (χ0v) is 13.3. The van der Waals surface area contributed by atoms with Gasteiger partial charge in [0.1, 0.15) is 0 Å². The normalized spacial score (nSPS) is 11.5. The summed E-state index contributed by atoms with van der Waals surface area (Å²) in [6.45, 7) is 0. The number of rotatable bonds is 8. The van der Waals surface area contributed by atoms with Crippen LogP contribution < -0.4 is 5.32 Å². The zero-order chi connectivity index (χ0) is 17.4. The number of anilines is 1. The Labute approximate surface area is 139 Å². The van der Waals surface area contributed by atoms with E-state index in [0.717, 1.165) is 5.56 Å². The van der Waals surface area contributed by atoms with Crippen molar-refractivity contribution < 1.29 is 19.4 Å². The third-order valence-electron chi connectivity index (χ3n) is 3.44. The first-order chi connectivity index (χ1) is 11.6. The van der Waals surface area contributed by atoms with Crippen molar-refractivity contribution in [2.24, 2.45) is 0 Å². The molecule has 2 rings (SSSR count). The SMILES string of the molecule is COC(=O)c1cnc(NC(CCC(=O)O)Cc2ccccc2)nc1. The predicted molar refractivity (Wildman–Crippen MR) is 87.8 cm³/mol. The van der Waals surface area contributed by atoms with Crippen LogP contribution in [0.3, 0.4) is 0 Å². The zero-order valence-electron chi connectivity index (χ0n) is 13.3. The van der Waals surface area contributed by atoms with Gasteiger partial charge in [-0.05, 0) is 18.4 Å². The van der Waals surface area contributed by atoms with Crippen molar-refractivity contribution in [1.82, 2.24) is 9.97 Å². The van der Waals surface area contributed by atoms with Crippen LogP contribution in [0.5, 0.6) is 0 Å². The quantitative estimate of drug-likeness (QED) is 0.715. The number of hydrogen-bond acceptors (Lipinski definition) is 6. The Bertz CT molecular complexity index is 674. The van der Waals surface area contributed by atoms with Gasteiger partial charge in [-0.1, -0.05) is 30.3 Å². The van der Waals surface area contributed by atoms with Crippen LogP contribution in [-0.2, 0) is 16.0 Å². The number of carboxylic acid groups (broad SMARTS) is 1. The molecule has 1 heterocycles. The minimum absolute atomic E-state index is 0.0464. The lowest BCUT2D eigenvalue weighted by Crippen LogP contribution is -2.24. The molecule has 0 aliphatic heterocycles. The number of aliphatic carboxylic acids is 1. The molecule has 0 radical (unpaired) electrons. The highest BCUT2D eigenvalue weighted by Crippen LogP contribution is 2.12. The standard InChI is InChI=1S/C17H19N3O4/c1-24-16(23)13-10-18-17(19-11-13)20-14(7-8-15(21)22)9-12-5-3-2-4-6-12/h2-6,10-11,14H,7-9H2,1H3,(H,21,22)(H,18,19,20). The van der Waals surface area contributed by atoms with Crippen molar-refractivity contribution >= 4 is 17.9 Å². The van der Waals surface area contributed by atoms with Gasteiger partial charge in [-0.25, -0.2) is 14.8 Å². The molecule has 0 saturated carbocycles. The number of nitrogens with one attached hydrogen (secondary N) is 1. The number of ether oxygens (including phenoxy) is 1. The number of carbonyl (C=O) groups excluding carboxylic acids is 1. The molecular formula is C17H19N3O4. The smallest absolute Gasteiger partial charge is 0.341 e. The number of esters is 1. The monoisotopic (exact) mass is 329 g/mol. The summed E-state index contributed by atoms with van der Waals surface area (Å²) in [6.07, 6.45) is 3.88. The summed E-state index contributed by atoms with van der Waals surface area (Å²) in [5, 5.41) is 12.0. The fourth-order valence-corrected chi connectivity index (χ4v) is 2.23. The highest BCUT2D eigenvalue weighted by molar-refractivity contribution is 5.88. The van der Waals surface area contributed by atoms with Crippen molar-refractivity contribution in [3.05, 3.63) is 53.9 Å². The van der Waals surface area contributed by atoms with Gasteiger partial charge in [0.05, 0.1) is 12.7 Å². The first-order valence-corrected chi connectivity index (χ1v) is 7.51. The van der Waals surface area contributed by atoms with Gasteiger partial charge in [0.25, 0.3) is 0 Å². The van der Waals surface area contributed by atoms with Crippen molar-refractivity contribution in [3.63, 3.8) is 0 Å². The number of hydrogen-bond donors (Lipinski definition) is 2.